The van der Waals surface area contributed by atoms with Crippen molar-refractivity contribution in [3.05, 3.63) is 77.4 Å². The first-order valence-corrected chi connectivity index (χ1v) is 7.92. The van der Waals surface area contributed by atoms with Crippen molar-refractivity contribution in [1.82, 2.24) is 5.32 Å². The third-order valence-corrected chi connectivity index (χ3v) is 4.61. The Labute approximate surface area is 139 Å². The number of carbonyl (C=O) groups excluding carboxylic acids is 1. The summed E-state index contributed by atoms with van der Waals surface area (Å²) in [5.74, 6) is -0.221. The Bertz CT molecular complexity index is 935. The van der Waals surface area contributed by atoms with E-state index in [4.69, 9.17) is 0 Å². The van der Waals surface area contributed by atoms with Crippen molar-refractivity contribution in [2.45, 2.75) is 18.6 Å². The highest BCUT2D eigenvalue weighted by atomic mass is 16.3. The smallest absolute Gasteiger partial charge is 0.251 e. The van der Waals surface area contributed by atoms with E-state index in [0.29, 0.717) is 17.4 Å². The normalized spacial score (nSPS) is 19.2. The lowest BCUT2D eigenvalue weighted by Gasteiger charge is -2.17. The van der Waals surface area contributed by atoms with E-state index in [1.807, 2.05) is 48.5 Å². The summed E-state index contributed by atoms with van der Waals surface area (Å²) in [6.45, 7) is 0. The van der Waals surface area contributed by atoms with Gasteiger partial charge in [0.1, 0.15) is 5.75 Å². The van der Waals surface area contributed by atoms with Crippen LogP contribution < -0.4 is 5.32 Å². The molecule has 3 aromatic rings. The number of hydrogen-bond donors (Lipinski definition) is 3. The molecule has 120 valence electrons. The van der Waals surface area contributed by atoms with E-state index in [9.17, 15) is 15.0 Å². The molecule has 0 bridgehead atoms. The molecule has 0 unspecified atom stereocenters. The molecule has 4 rings (SSSR count). The Morgan fingerprint density at radius 1 is 1.04 bits per heavy atom. The molecule has 4 nitrogen and oxygen atoms in total. The van der Waals surface area contributed by atoms with Crippen LogP contribution in [0.25, 0.3) is 10.8 Å². The molecule has 2 atom stereocenters. The molecule has 24 heavy (non-hydrogen) atoms. The Hall–Kier alpha value is -2.85. The summed E-state index contributed by atoms with van der Waals surface area (Å²) in [4.78, 5) is 12.6. The van der Waals surface area contributed by atoms with Gasteiger partial charge in [0.15, 0.2) is 0 Å². The fourth-order valence-corrected chi connectivity index (χ4v) is 3.38. The molecule has 0 radical (unpaired) electrons. The number of hydrogen-bond acceptors (Lipinski definition) is 3. The van der Waals surface area contributed by atoms with Crippen LogP contribution in [0.5, 0.6) is 5.75 Å². The van der Waals surface area contributed by atoms with Crippen LogP contribution in [0.3, 0.4) is 0 Å². The number of nitrogens with one attached hydrogen (secondary N) is 1. The zero-order chi connectivity index (χ0) is 16.7. The van der Waals surface area contributed by atoms with E-state index in [1.165, 1.54) is 6.07 Å². The lowest BCUT2D eigenvalue weighted by molar-refractivity contribution is 0.0858. The number of benzene rings is 3. The lowest BCUT2D eigenvalue weighted by Crippen LogP contribution is -2.37. The van der Waals surface area contributed by atoms with E-state index in [1.54, 1.807) is 6.07 Å². The van der Waals surface area contributed by atoms with Crippen molar-refractivity contribution in [2.24, 2.45) is 0 Å². The van der Waals surface area contributed by atoms with Gasteiger partial charge in [-0.25, -0.2) is 0 Å². The summed E-state index contributed by atoms with van der Waals surface area (Å²) in [6, 6.07) is 17.9. The van der Waals surface area contributed by atoms with Crippen LogP contribution in [-0.4, -0.2) is 22.2 Å². The molecule has 0 heterocycles. The predicted molar refractivity (Wildman–Crippen MR) is 92.0 cm³/mol. The molecule has 0 saturated carbocycles. The topological polar surface area (TPSA) is 69.6 Å². The second kappa shape index (κ2) is 5.65. The average Bonchev–Trinajstić information content (AvgIpc) is 2.91. The number of aromatic hydroxyl groups is 1. The molecule has 1 amide bonds. The zero-order valence-corrected chi connectivity index (χ0v) is 12.9. The van der Waals surface area contributed by atoms with Crippen molar-refractivity contribution >= 4 is 16.7 Å². The van der Waals surface area contributed by atoms with E-state index < -0.39 is 6.10 Å². The van der Waals surface area contributed by atoms with Gasteiger partial charge in [-0.3, -0.25) is 4.79 Å². The van der Waals surface area contributed by atoms with Crippen LogP contribution in [0, 0.1) is 0 Å². The quantitative estimate of drug-likeness (QED) is 0.680. The van der Waals surface area contributed by atoms with Gasteiger partial charge in [-0.05, 0) is 35.1 Å². The molecule has 0 aromatic heterocycles. The molecule has 1 aliphatic rings. The fourth-order valence-electron chi connectivity index (χ4n) is 3.38. The van der Waals surface area contributed by atoms with Crippen molar-refractivity contribution < 1.29 is 15.0 Å². The van der Waals surface area contributed by atoms with E-state index in [0.717, 1.165) is 16.5 Å². The maximum absolute atomic E-state index is 12.6. The second-order valence-electron chi connectivity index (χ2n) is 6.14. The van der Waals surface area contributed by atoms with Crippen LogP contribution >= 0.6 is 0 Å². The fraction of sp³-hybridized carbons (Fsp3) is 0.150. The van der Waals surface area contributed by atoms with Gasteiger partial charge in [0, 0.05) is 10.9 Å². The van der Waals surface area contributed by atoms with Crippen molar-refractivity contribution in [2.75, 3.05) is 0 Å². The first-order chi connectivity index (χ1) is 11.6. The maximum atomic E-state index is 12.6. The van der Waals surface area contributed by atoms with Crippen LogP contribution in [-0.2, 0) is 6.42 Å². The van der Waals surface area contributed by atoms with Gasteiger partial charge in [0.05, 0.1) is 12.1 Å². The summed E-state index contributed by atoms with van der Waals surface area (Å²) >= 11 is 0. The highest BCUT2D eigenvalue weighted by Crippen LogP contribution is 2.32. The van der Waals surface area contributed by atoms with Gasteiger partial charge in [-0.1, -0.05) is 48.5 Å². The Morgan fingerprint density at radius 3 is 2.62 bits per heavy atom. The predicted octanol–water partition coefficient (Wildman–Crippen LogP) is 2.93. The highest BCUT2D eigenvalue weighted by molar-refractivity contribution is 6.00. The maximum Gasteiger partial charge on any atom is 0.251 e. The summed E-state index contributed by atoms with van der Waals surface area (Å²) in [5, 5.41) is 24.9. The minimum atomic E-state index is -0.709. The summed E-state index contributed by atoms with van der Waals surface area (Å²) in [5.41, 5.74) is 2.30. The summed E-state index contributed by atoms with van der Waals surface area (Å²) in [7, 11) is 0. The number of fused-ring (bicyclic) bond motifs is 2. The molecule has 1 aliphatic carbocycles. The molecular formula is C20H17NO3. The third-order valence-electron chi connectivity index (χ3n) is 4.61. The Morgan fingerprint density at radius 2 is 1.79 bits per heavy atom. The van der Waals surface area contributed by atoms with Gasteiger partial charge in [-0.15, -0.1) is 0 Å². The van der Waals surface area contributed by atoms with Crippen LogP contribution in [0.2, 0.25) is 0 Å². The Kier molecular flexibility index (Phi) is 3.47. The van der Waals surface area contributed by atoms with E-state index in [2.05, 4.69) is 5.32 Å². The first-order valence-electron chi connectivity index (χ1n) is 7.92. The average molecular weight is 319 g/mol. The van der Waals surface area contributed by atoms with Crippen LogP contribution in [0.4, 0.5) is 0 Å². The lowest BCUT2D eigenvalue weighted by atomic mass is 10.0. The van der Waals surface area contributed by atoms with Gasteiger partial charge >= 0.3 is 0 Å². The van der Waals surface area contributed by atoms with E-state index in [-0.39, 0.29) is 17.7 Å². The van der Waals surface area contributed by atoms with E-state index >= 15 is 0 Å². The number of rotatable bonds is 2. The zero-order valence-electron chi connectivity index (χ0n) is 12.9. The van der Waals surface area contributed by atoms with Crippen molar-refractivity contribution in [3.8, 4) is 5.75 Å². The number of carbonyl (C=O) groups is 1. The minimum Gasteiger partial charge on any atom is -0.507 e. The first kappa shape index (κ1) is 14.7. The van der Waals surface area contributed by atoms with Crippen LogP contribution in [0.1, 0.15) is 27.6 Å². The summed E-state index contributed by atoms with van der Waals surface area (Å²) < 4.78 is 0. The monoisotopic (exact) mass is 319 g/mol. The molecule has 3 aromatic carbocycles. The van der Waals surface area contributed by atoms with Gasteiger partial charge in [0.2, 0.25) is 0 Å². The molecule has 0 aliphatic heterocycles. The molecule has 0 spiro atoms. The molecular weight excluding hydrogens is 302 g/mol. The molecule has 0 fully saturated rings. The van der Waals surface area contributed by atoms with Gasteiger partial charge in [0.25, 0.3) is 5.91 Å². The minimum absolute atomic E-state index is 0.0773. The molecule has 4 heteroatoms. The number of phenolic OH excluding ortho intramolecular Hbond substituents is 1. The highest BCUT2D eigenvalue weighted by Gasteiger charge is 2.31. The molecule has 0 saturated heterocycles. The standard InChI is InChI=1S/C20H17NO3/c22-18-11-14(9-12-5-1-3-7-15(12)18)20(24)21-17-10-13-6-2-4-8-16(13)19(17)23/h1-9,11,17,19,22-23H,10H2,(H,21,24)/t17-,19-/m1/s1. The van der Waals surface area contributed by atoms with Gasteiger partial charge < -0.3 is 15.5 Å². The number of aliphatic hydroxyl groups excluding tert-OH is 1. The number of phenols is 1. The molecule has 3 N–H and O–H groups in total. The Balaban J connectivity index is 1.59. The largest absolute Gasteiger partial charge is 0.507 e. The van der Waals surface area contributed by atoms with Crippen LogP contribution in [0.15, 0.2) is 60.7 Å². The second-order valence-corrected chi connectivity index (χ2v) is 6.14. The number of amides is 1. The van der Waals surface area contributed by atoms with Crippen molar-refractivity contribution in [1.29, 1.82) is 0 Å². The number of aliphatic hydroxyl groups is 1. The summed E-state index contributed by atoms with van der Waals surface area (Å²) in [6.07, 6.45) is -0.109. The SMILES string of the molecule is O=C(N[C@@H]1Cc2ccccc2[C@H]1O)c1cc(O)c2ccccc2c1. The van der Waals surface area contributed by atoms with Crippen molar-refractivity contribution in [3.63, 3.8) is 0 Å². The third kappa shape index (κ3) is 2.41. The van der Waals surface area contributed by atoms with Gasteiger partial charge in [-0.2, -0.15) is 0 Å².